The number of aromatic nitrogens is 4. The SMILES string of the molecule is CCC(SC)c1cnc2ncnn2c1. The van der Waals surface area contributed by atoms with Gasteiger partial charge in [-0.15, -0.1) is 0 Å². The van der Waals surface area contributed by atoms with Crippen molar-refractivity contribution in [3.05, 3.63) is 24.3 Å². The molecule has 0 N–H and O–H groups in total. The smallest absolute Gasteiger partial charge is 0.219 e. The summed E-state index contributed by atoms with van der Waals surface area (Å²) in [7, 11) is 0. The van der Waals surface area contributed by atoms with Crippen LogP contribution in [0.2, 0.25) is 0 Å². The van der Waals surface area contributed by atoms with Gasteiger partial charge in [0.15, 0.2) is 0 Å². The lowest BCUT2D eigenvalue weighted by Crippen LogP contribution is -1.98. The van der Waals surface area contributed by atoms with Crippen molar-refractivity contribution in [1.82, 2.24) is 19.6 Å². The number of rotatable bonds is 3. The van der Waals surface area contributed by atoms with E-state index in [4.69, 9.17) is 0 Å². The van der Waals surface area contributed by atoms with Crippen LogP contribution in [-0.4, -0.2) is 25.8 Å². The Morgan fingerprint density at radius 2 is 2.36 bits per heavy atom. The molecule has 2 aromatic rings. The molecule has 0 spiro atoms. The van der Waals surface area contributed by atoms with Crippen LogP contribution in [0.15, 0.2) is 18.7 Å². The molecule has 2 aromatic heterocycles. The molecule has 0 aliphatic heterocycles. The maximum atomic E-state index is 4.23. The Morgan fingerprint density at radius 3 is 3.07 bits per heavy atom. The molecule has 0 aliphatic carbocycles. The number of nitrogens with zero attached hydrogens (tertiary/aromatic N) is 4. The van der Waals surface area contributed by atoms with Gasteiger partial charge < -0.3 is 0 Å². The summed E-state index contributed by atoms with van der Waals surface area (Å²) in [5.74, 6) is 0.657. The minimum atomic E-state index is 0.496. The van der Waals surface area contributed by atoms with Crippen LogP contribution in [-0.2, 0) is 0 Å². The van der Waals surface area contributed by atoms with E-state index in [1.54, 1.807) is 4.52 Å². The molecule has 14 heavy (non-hydrogen) atoms. The molecule has 0 aliphatic rings. The first-order chi connectivity index (χ1) is 6.85. The van der Waals surface area contributed by atoms with E-state index in [-0.39, 0.29) is 0 Å². The molecule has 1 atom stereocenters. The van der Waals surface area contributed by atoms with Crippen molar-refractivity contribution >= 4 is 17.5 Å². The Bertz CT molecular complexity index is 421. The van der Waals surface area contributed by atoms with Gasteiger partial charge >= 0.3 is 0 Å². The van der Waals surface area contributed by atoms with Gasteiger partial charge in [-0.3, -0.25) is 0 Å². The summed E-state index contributed by atoms with van der Waals surface area (Å²) in [6, 6.07) is 0. The third kappa shape index (κ3) is 1.59. The van der Waals surface area contributed by atoms with Gasteiger partial charge in [-0.05, 0) is 12.7 Å². The summed E-state index contributed by atoms with van der Waals surface area (Å²) < 4.78 is 1.72. The molecule has 0 saturated heterocycles. The Balaban J connectivity index is 2.42. The van der Waals surface area contributed by atoms with Crippen molar-refractivity contribution in [1.29, 1.82) is 0 Å². The first kappa shape index (κ1) is 9.45. The van der Waals surface area contributed by atoms with Crippen LogP contribution < -0.4 is 0 Å². The van der Waals surface area contributed by atoms with E-state index < -0.39 is 0 Å². The molecule has 1 unspecified atom stereocenters. The van der Waals surface area contributed by atoms with E-state index in [0.29, 0.717) is 11.0 Å². The zero-order chi connectivity index (χ0) is 9.97. The second-order valence-corrected chi connectivity index (χ2v) is 4.06. The van der Waals surface area contributed by atoms with Gasteiger partial charge in [0, 0.05) is 23.2 Å². The van der Waals surface area contributed by atoms with Crippen molar-refractivity contribution < 1.29 is 0 Å². The predicted octanol–water partition coefficient (Wildman–Crippen LogP) is 1.94. The number of fused-ring (bicyclic) bond motifs is 1. The van der Waals surface area contributed by atoms with Gasteiger partial charge in [-0.1, -0.05) is 6.92 Å². The number of hydrogen-bond donors (Lipinski definition) is 0. The highest BCUT2D eigenvalue weighted by atomic mass is 32.2. The summed E-state index contributed by atoms with van der Waals surface area (Å²) in [4.78, 5) is 8.24. The van der Waals surface area contributed by atoms with E-state index in [1.807, 2.05) is 24.2 Å². The van der Waals surface area contributed by atoms with Crippen molar-refractivity contribution in [2.75, 3.05) is 6.26 Å². The second-order valence-electron chi connectivity index (χ2n) is 3.02. The van der Waals surface area contributed by atoms with Crippen LogP contribution in [0.1, 0.15) is 24.2 Å². The fourth-order valence-corrected chi connectivity index (χ4v) is 2.17. The monoisotopic (exact) mass is 208 g/mol. The van der Waals surface area contributed by atoms with E-state index >= 15 is 0 Å². The molecule has 0 radical (unpaired) electrons. The van der Waals surface area contributed by atoms with Crippen LogP contribution >= 0.6 is 11.8 Å². The molecule has 0 aromatic carbocycles. The number of thioether (sulfide) groups is 1. The lowest BCUT2D eigenvalue weighted by Gasteiger charge is -2.10. The van der Waals surface area contributed by atoms with Crippen LogP contribution in [0, 0.1) is 0 Å². The quantitative estimate of drug-likeness (QED) is 0.773. The standard InChI is InChI=1S/C9H12N4S/c1-3-8(14-2)7-4-10-9-11-6-12-13(9)5-7/h4-6,8H,3H2,1-2H3. The van der Waals surface area contributed by atoms with E-state index in [0.717, 1.165) is 6.42 Å². The van der Waals surface area contributed by atoms with Crippen molar-refractivity contribution in [3.63, 3.8) is 0 Å². The average Bonchev–Trinajstić information content (AvgIpc) is 2.66. The molecule has 74 valence electrons. The van der Waals surface area contributed by atoms with Gasteiger partial charge in [-0.2, -0.15) is 21.8 Å². The Morgan fingerprint density at radius 1 is 1.50 bits per heavy atom. The first-order valence-electron chi connectivity index (χ1n) is 4.53. The Hall–Kier alpha value is -1.10. The van der Waals surface area contributed by atoms with Crippen LogP contribution in [0.25, 0.3) is 5.78 Å². The van der Waals surface area contributed by atoms with Crippen molar-refractivity contribution in [2.24, 2.45) is 0 Å². The maximum Gasteiger partial charge on any atom is 0.252 e. The minimum Gasteiger partial charge on any atom is -0.219 e. The molecular formula is C9H12N4S. The fraction of sp³-hybridized carbons (Fsp3) is 0.444. The highest BCUT2D eigenvalue weighted by Gasteiger charge is 2.09. The zero-order valence-corrected chi connectivity index (χ0v) is 9.03. The van der Waals surface area contributed by atoms with Gasteiger partial charge in [0.25, 0.3) is 5.78 Å². The van der Waals surface area contributed by atoms with Gasteiger partial charge in [0.1, 0.15) is 6.33 Å². The van der Waals surface area contributed by atoms with E-state index in [9.17, 15) is 0 Å². The largest absolute Gasteiger partial charge is 0.252 e. The molecule has 0 amide bonds. The summed E-state index contributed by atoms with van der Waals surface area (Å²) in [5, 5.41) is 4.56. The van der Waals surface area contributed by atoms with Gasteiger partial charge in [0.05, 0.1) is 0 Å². The normalized spacial score (nSPS) is 13.3. The van der Waals surface area contributed by atoms with Gasteiger partial charge in [-0.25, -0.2) is 9.50 Å². The highest BCUT2D eigenvalue weighted by molar-refractivity contribution is 7.98. The summed E-state index contributed by atoms with van der Waals surface area (Å²) >= 11 is 1.83. The van der Waals surface area contributed by atoms with Crippen molar-refractivity contribution in [3.8, 4) is 0 Å². The highest BCUT2D eigenvalue weighted by Crippen LogP contribution is 2.28. The van der Waals surface area contributed by atoms with E-state index in [2.05, 4.69) is 28.2 Å². The third-order valence-electron chi connectivity index (χ3n) is 2.18. The molecule has 0 saturated carbocycles. The van der Waals surface area contributed by atoms with E-state index in [1.165, 1.54) is 11.9 Å². The Labute approximate surface area is 86.8 Å². The lowest BCUT2D eigenvalue weighted by molar-refractivity contribution is 0.849. The van der Waals surface area contributed by atoms with Crippen molar-refractivity contribution in [2.45, 2.75) is 18.6 Å². The summed E-state index contributed by atoms with van der Waals surface area (Å²) in [5.41, 5.74) is 1.21. The van der Waals surface area contributed by atoms with Crippen LogP contribution in [0.4, 0.5) is 0 Å². The summed E-state index contributed by atoms with van der Waals surface area (Å²) in [6.45, 7) is 2.17. The maximum absolute atomic E-state index is 4.23. The molecule has 4 nitrogen and oxygen atoms in total. The topological polar surface area (TPSA) is 43.1 Å². The molecular weight excluding hydrogens is 196 g/mol. The average molecular weight is 208 g/mol. The lowest BCUT2D eigenvalue weighted by atomic mass is 10.2. The zero-order valence-electron chi connectivity index (χ0n) is 8.21. The van der Waals surface area contributed by atoms with Gasteiger partial charge in [0.2, 0.25) is 0 Å². The minimum absolute atomic E-state index is 0.496. The van der Waals surface area contributed by atoms with Crippen LogP contribution in [0.5, 0.6) is 0 Å². The first-order valence-corrected chi connectivity index (χ1v) is 5.82. The predicted molar refractivity (Wildman–Crippen MR) is 57.3 cm³/mol. The second kappa shape index (κ2) is 3.96. The summed E-state index contributed by atoms with van der Waals surface area (Å²) in [6.07, 6.45) is 8.61. The molecule has 0 fully saturated rings. The molecule has 2 rings (SSSR count). The molecule has 0 bridgehead atoms. The Kier molecular flexibility index (Phi) is 2.67. The third-order valence-corrected chi connectivity index (χ3v) is 3.36. The molecule has 2 heterocycles. The number of hydrogen-bond acceptors (Lipinski definition) is 4. The van der Waals surface area contributed by atoms with Crippen LogP contribution in [0.3, 0.4) is 0 Å². The molecule has 5 heteroatoms. The fourth-order valence-electron chi connectivity index (χ4n) is 1.44.